The second-order valence-corrected chi connectivity index (χ2v) is 3.99. The van der Waals surface area contributed by atoms with Crippen molar-refractivity contribution >= 4 is 16.5 Å². The standard InChI is InChI=1S/C10H18N2S/c1-3-5-6-7-11-10-12-9(4-2)8-13-10/h8H,3-7H2,1-2H3,(H,11,12). The van der Waals surface area contributed by atoms with Gasteiger partial charge < -0.3 is 5.32 Å². The molecule has 0 aliphatic carbocycles. The summed E-state index contributed by atoms with van der Waals surface area (Å²) >= 11 is 1.71. The summed E-state index contributed by atoms with van der Waals surface area (Å²) in [6, 6.07) is 0. The van der Waals surface area contributed by atoms with Crippen LogP contribution in [0.4, 0.5) is 5.13 Å². The van der Waals surface area contributed by atoms with Crippen molar-refractivity contribution in [3.05, 3.63) is 11.1 Å². The van der Waals surface area contributed by atoms with Gasteiger partial charge in [-0.25, -0.2) is 4.98 Å². The average Bonchev–Trinajstić information content (AvgIpc) is 2.60. The predicted octanol–water partition coefficient (Wildman–Crippen LogP) is 3.31. The highest BCUT2D eigenvalue weighted by molar-refractivity contribution is 7.13. The van der Waals surface area contributed by atoms with Gasteiger partial charge in [0.25, 0.3) is 0 Å². The second-order valence-electron chi connectivity index (χ2n) is 3.13. The summed E-state index contributed by atoms with van der Waals surface area (Å²) in [5.41, 5.74) is 1.20. The van der Waals surface area contributed by atoms with E-state index < -0.39 is 0 Å². The summed E-state index contributed by atoms with van der Waals surface area (Å²) in [5, 5.41) is 6.55. The lowest BCUT2D eigenvalue weighted by Gasteiger charge is -2.00. The summed E-state index contributed by atoms with van der Waals surface area (Å²) in [7, 11) is 0. The lowest BCUT2D eigenvalue weighted by atomic mass is 10.2. The molecule has 74 valence electrons. The number of anilines is 1. The summed E-state index contributed by atoms with van der Waals surface area (Å²) in [4.78, 5) is 4.43. The molecule has 0 saturated carbocycles. The Hall–Kier alpha value is -0.570. The zero-order chi connectivity index (χ0) is 9.52. The van der Waals surface area contributed by atoms with E-state index in [4.69, 9.17) is 0 Å². The molecule has 0 radical (unpaired) electrons. The van der Waals surface area contributed by atoms with Crippen LogP contribution in [0.3, 0.4) is 0 Å². The number of aromatic nitrogens is 1. The van der Waals surface area contributed by atoms with E-state index in [1.807, 2.05) is 0 Å². The molecule has 0 amide bonds. The number of hydrogen-bond acceptors (Lipinski definition) is 3. The molecule has 1 aromatic heterocycles. The molecule has 3 heteroatoms. The van der Waals surface area contributed by atoms with E-state index in [9.17, 15) is 0 Å². The Kier molecular flexibility index (Phi) is 4.83. The first-order valence-electron chi connectivity index (χ1n) is 5.05. The summed E-state index contributed by atoms with van der Waals surface area (Å²) in [5.74, 6) is 0. The number of nitrogens with zero attached hydrogens (tertiary/aromatic N) is 1. The Labute approximate surface area is 84.4 Å². The maximum Gasteiger partial charge on any atom is 0.182 e. The molecule has 0 spiro atoms. The molecule has 0 fully saturated rings. The average molecular weight is 198 g/mol. The van der Waals surface area contributed by atoms with Gasteiger partial charge >= 0.3 is 0 Å². The van der Waals surface area contributed by atoms with Crippen LogP contribution in [0.5, 0.6) is 0 Å². The minimum absolute atomic E-state index is 1.03. The van der Waals surface area contributed by atoms with Crippen LogP contribution in [-0.4, -0.2) is 11.5 Å². The molecule has 0 aliphatic heterocycles. The van der Waals surface area contributed by atoms with Gasteiger partial charge in [0.05, 0.1) is 5.69 Å². The Morgan fingerprint density at radius 3 is 2.85 bits per heavy atom. The zero-order valence-corrected chi connectivity index (χ0v) is 9.28. The van der Waals surface area contributed by atoms with Crippen molar-refractivity contribution in [2.24, 2.45) is 0 Å². The van der Waals surface area contributed by atoms with Gasteiger partial charge in [-0.15, -0.1) is 11.3 Å². The third-order valence-electron chi connectivity index (χ3n) is 1.97. The molecule has 0 aliphatic rings. The molecular weight excluding hydrogens is 180 g/mol. The first-order valence-corrected chi connectivity index (χ1v) is 5.93. The minimum atomic E-state index is 1.03. The Balaban J connectivity index is 2.20. The van der Waals surface area contributed by atoms with Crippen molar-refractivity contribution in [2.75, 3.05) is 11.9 Å². The normalized spacial score (nSPS) is 10.3. The van der Waals surface area contributed by atoms with E-state index in [1.165, 1.54) is 25.0 Å². The van der Waals surface area contributed by atoms with Gasteiger partial charge in [-0.2, -0.15) is 0 Å². The van der Waals surface area contributed by atoms with Gasteiger partial charge in [0.15, 0.2) is 5.13 Å². The molecule has 1 aromatic rings. The van der Waals surface area contributed by atoms with E-state index >= 15 is 0 Å². The monoisotopic (exact) mass is 198 g/mol. The molecule has 0 atom stereocenters. The molecule has 0 aromatic carbocycles. The molecule has 13 heavy (non-hydrogen) atoms. The Bertz CT molecular complexity index is 233. The minimum Gasteiger partial charge on any atom is -0.362 e. The van der Waals surface area contributed by atoms with Crippen molar-refractivity contribution < 1.29 is 0 Å². The maximum absolute atomic E-state index is 4.43. The van der Waals surface area contributed by atoms with E-state index in [0.29, 0.717) is 0 Å². The Morgan fingerprint density at radius 2 is 2.23 bits per heavy atom. The van der Waals surface area contributed by atoms with Crippen LogP contribution in [0.15, 0.2) is 5.38 Å². The largest absolute Gasteiger partial charge is 0.362 e. The van der Waals surface area contributed by atoms with E-state index in [0.717, 1.165) is 18.1 Å². The van der Waals surface area contributed by atoms with Crippen LogP contribution in [0, 0.1) is 0 Å². The lowest BCUT2D eigenvalue weighted by Crippen LogP contribution is -2.00. The lowest BCUT2D eigenvalue weighted by molar-refractivity contribution is 0.743. The zero-order valence-electron chi connectivity index (χ0n) is 8.47. The fourth-order valence-electron chi connectivity index (χ4n) is 1.12. The number of unbranched alkanes of at least 4 members (excludes halogenated alkanes) is 2. The van der Waals surface area contributed by atoms with Crippen molar-refractivity contribution in [3.8, 4) is 0 Å². The molecule has 2 nitrogen and oxygen atoms in total. The summed E-state index contributed by atoms with van der Waals surface area (Å²) < 4.78 is 0. The van der Waals surface area contributed by atoms with Crippen LogP contribution in [0.25, 0.3) is 0 Å². The maximum atomic E-state index is 4.43. The van der Waals surface area contributed by atoms with Crippen LogP contribution >= 0.6 is 11.3 Å². The number of aryl methyl sites for hydroxylation is 1. The van der Waals surface area contributed by atoms with Crippen LogP contribution in [0.1, 0.15) is 38.8 Å². The van der Waals surface area contributed by atoms with Crippen molar-refractivity contribution in [2.45, 2.75) is 39.5 Å². The fraction of sp³-hybridized carbons (Fsp3) is 0.700. The van der Waals surface area contributed by atoms with E-state index in [1.54, 1.807) is 11.3 Å². The smallest absolute Gasteiger partial charge is 0.182 e. The number of thiazole rings is 1. The molecule has 0 unspecified atom stereocenters. The number of rotatable bonds is 6. The van der Waals surface area contributed by atoms with Crippen molar-refractivity contribution in [3.63, 3.8) is 0 Å². The number of hydrogen-bond donors (Lipinski definition) is 1. The number of nitrogens with one attached hydrogen (secondary N) is 1. The van der Waals surface area contributed by atoms with Crippen LogP contribution in [0.2, 0.25) is 0 Å². The first kappa shape index (κ1) is 10.5. The molecule has 1 heterocycles. The topological polar surface area (TPSA) is 24.9 Å². The Morgan fingerprint density at radius 1 is 1.38 bits per heavy atom. The predicted molar refractivity (Wildman–Crippen MR) is 59.5 cm³/mol. The molecule has 1 N–H and O–H groups in total. The van der Waals surface area contributed by atoms with Crippen LogP contribution < -0.4 is 5.32 Å². The highest BCUT2D eigenvalue weighted by atomic mass is 32.1. The third kappa shape index (κ3) is 3.77. The van der Waals surface area contributed by atoms with Gasteiger partial charge in [-0.3, -0.25) is 0 Å². The van der Waals surface area contributed by atoms with E-state index in [-0.39, 0.29) is 0 Å². The molecule has 1 rings (SSSR count). The molecule has 0 bridgehead atoms. The van der Waals surface area contributed by atoms with Crippen molar-refractivity contribution in [1.29, 1.82) is 0 Å². The first-order chi connectivity index (χ1) is 6.36. The summed E-state index contributed by atoms with van der Waals surface area (Å²) in [6.07, 6.45) is 4.86. The third-order valence-corrected chi connectivity index (χ3v) is 2.82. The van der Waals surface area contributed by atoms with Crippen molar-refractivity contribution in [1.82, 2.24) is 4.98 Å². The van der Waals surface area contributed by atoms with E-state index in [2.05, 4.69) is 29.5 Å². The van der Waals surface area contributed by atoms with Gasteiger partial charge in [0.1, 0.15) is 0 Å². The molecule has 0 saturated heterocycles. The fourth-order valence-corrected chi connectivity index (χ4v) is 1.94. The molecular formula is C10H18N2S. The SMILES string of the molecule is CCCCCNc1nc(CC)cs1. The quantitative estimate of drug-likeness (QED) is 0.709. The summed E-state index contributed by atoms with van der Waals surface area (Å²) in [6.45, 7) is 5.42. The highest BCUT2D eigenvalue weighted by Gasteiger charge is 1.97. The van der Waals surface area contributed by atoms with Gasteiger partial charge in [0, 0.05) is 11.9 Å². The highest BCUT2D eigenvalue weighted by Crippen LogP contribution is 2.15. The van der Waals surface area contributed by atoms with Crippen LogP contribution in [-0.2, 0) is 6.42 Å². The van der Waals surface area contributed by atoms with Gasteiger partial charge in [0.2, 0.25) is 0 Å². The van der Waals surface area contributed by atoms with Gasteiger partial charge in [-0.1, -0.05) is 26.7 Å². The van der Waals surface area contributed by atoms with Gasteiger partial charge in [-0.05, 0) is 12.8 Å². The second kappa shape index (κ2) is 5.97.